The Morgan fingerprint density at radius 1 is 1.33 bits per heavy atom. The molecule has 82 valence electrons. The van der Waals surface area contributed by atoms with Gasteiger partial charge in [-0.2, -0.15) is 13.2 Å². The number of Topliss-reactive ketones (excluding diaryl/α,β-unsaturated/α-hetero) is 1. The van der Waals surface area contributed by atoms with Crippen molar-refractivity contribution in [3.05, 3.63) is 33.8 Å². The molecule has 5 heteroatoms. The minimum atomic E-state index is -4.54. The smallest absolute Gasteiger partial charge is 0.294 e. The Hall–Kier alpha value is -1.03. The molecule has 15 heavy (non-hydrogen) atoms. The van der Waals surface area contributed by atoms with Crippen LogP contribution >= 0.6 is 11.6 Å². The molecule has 0 N–H and O–H groups in total. The van der Waals surface area contributed by atoms with Crippen molar-refractivity contribution < 1.29 is 18.0 Å². The van der Waals surface area contributed by atoms with E-state index in [1.165, 1.54) is 26.0 Å². The Labute approximate surface area is 89.9 Å². The fourth-order valence-electron chi connectivity index (χ4n) is 1.29. The van der Waals surface area contributed by atoms with Crippen LogP contribution in [-0.4, -0.2) is 5.78 Å². The van der Waals surface area contributed by atoms with Gasteiger partial charge in [-0.05, 0) is 25.5 Å². The summed E-state index contributed by atoms with van der Waals surface area (Å²) in [7, 11) is 0. The summed E-state index contributed by atoms with van der Waals surface area (Å²) >= 11 is 5.55. The van der Waals surface area contributed by atoms with E-state index in [4.69, 9.17) is 11.6 Å². The average Bonchev–Trinajstić information content (AvgIpc) is 2.00. The standard InChI is InChI=1S/C10H8ClF3O/c1-5-3-4-7(6(2)15)9(11)8(5)10(12,13)14/h3-4H,1-2H3. The normalized spacial score (nSPS) is 11.6. The van der Waals surface area contributed by atoms with Gasteiger partial charge in [-0.1, -0.05) is 17.7 Å². The highest BCUT2D eigenvalue weighted by atomic mass is 35.5. The second kappa shape index (κ2) is 3.85. The van der Waals surface area contributed by atoms with Crippen LogP contribution in [0.1, 0.15) is 28.4 Å². The lowest BCUT2D eigenvalue weighted by Crippen LogP contribution is -2.11. The average molecular weight is 237 g/mol. The molecule has 0 aliphatic rings. The molecule has 0 atom stereocenters. The van der Waals surface area contributed by atoms with Crippen LogP contribution < -0.4 is 0 Å². The number of alkyl halides is 3. The van der Waals surface area contributed by atoms with Crippen molar-refractivity contribution in [2.24, 2.45) is 0 Å². The first-order valence-corrected chi connectivity index (χ1v) is 4.50. The lowest BCUT2D eigenvalue weighted by Gasteiger charge is -2.13. The fraction of sp³-hybridized carbons (Fsp3) is 0.300. The van der Waals surface area contributed by atoms with Crippen LogP contribution in [0.4, 0.5) is 13.2 Å². The van der Waals surface area contributed by atoms with Gasteiger partial charge in [0.2, 0.25) is 0 Å². The van der Waals surface area contributed by atoms with Gasteiger partial charge in [0.05, 0.1) is 10.6 Å². The zero-order chi connectivity index (χ0) is 11.8. The summed E-state index contributed by atoms with van der Waals surface area (Å²) in [5.74, 6) is -0.481. The van der Waals surface area contributed by atoms with Gasteiger partial charge in [-0.25, -0.2) is 0 Å². The quantitative estimate of drug-likeness (QED) is 0.677. The number of carbonyl (C=O) groups excluding carboxylic acids is 1. The number of rotatable bonds is 1. The van der Waals surface area contributed by atoms with E-state index in [0.717, 1.165) is 0 Å². The lowest BCUT2D eigenvalue weighted by molar-refractivity contribution is -0.137. The van der Waals surface area contributed by atoms with Crippen molar-refractivity contribution in [1.29, 1.82) is 0 Å². The maximum Gasteiger partial charge on any atom is 0.418 e. The molecular weight excluding hydrogens is 229 g/mol. The van der Waals surface area contributed by atoms with Gasteiger partial charge >= 0.3 is 6.18 Å². The first-order chi connectivity index (χ1) is 6.75. The van der Waals surface area contributed by atoms with Crippen LogP contribution in [0.5, 0.6) is 0 Å². The van der Waals surface area contributed by atoms with Crippen LogP contribution in [0.25, 0.3) is 0 Å². The molecule has 0 bridgehead atoms. The van der Waals surface area contributed by atoms with Gasteiger partial charge in [-0.15, -0.1) is 0 Å². The molecule has 0 unspecified atom stereocenters. The van der Waals surface area contributed by atoms with E-state index in [0.29, 0.717) is 0 Å². The second-order valence-electron chi connectivity index (χ2n) is 3.17. The van der Waals surface area contributed by atoms with Gasteiger partial charge in [0, 0.05) is 5.56 Å². The molecular formula is C10H8ClF3O. The highest BCUT2D eigenvalue weighted by molar-refractivity contribution is 6.34. The number of hydrogen-bond acceptors (Lipinski definition) is 1. The third-order valence-corrected chi connectivity index (χ3v) is 2.41. The summed E-state index contributed by atoms with van der Waals surface area (Å²) in [5, 5.41) is -0.519. The minimum Gasteiger partial charge on any atom is -0.294 e. The Balaban J connectivity index is 3.51. The summed E-state index contributed by atoms with van der Waals surface area (Å²) in [6, 6.07) is 2.54. The van der Waals surface area contributed by atoms with Gasteiger partial charge in [-0.3, -0.25) is 4.79 Å². The Bertz CT molecular complexity index is 410. The summed E-state index contributed by atoms with van der Waals surface area (Å²) in [6.07, 6.45) is -4.54. The number of benzene rings is 1. The predicted molar refractivity (Wildman–Crippen MR) is 51.2 cm³/mol. The Morgan fingerprint density at radius 2 is 1.87 bits per heavy atom. The largest absolute Gasteiger partial charge is 0.418 e. The third-order valence-electron chi connectivity index (χ3n) is 2.01. The molecule has 0 saturated heterocycles. The van der Waals surface area contributed by atoms with Gasteiger partial charge < -0.3 is 0 Å². The lowest BCUT2D eigenvalue weighted by atomic mass is 10.0. The zero-order valence-electron chi connectivity index (χ0n) is 8.07. The summed E-state index contributed by atoms with van der Waals surface area (Å²) in [6.45, 7) is 2.48. The maximum atomic E-state index is 12.6. The fourth-order valence-corrected chi connectivity index (χ4v) is 1.74. The van der Waals surface area contributed by atoms with Crippen LogP contribution in [0.2, 0.25) is 5.02 Å². The van der Waals surface area contributed by atoms with E-state index in [1.807, 2.05) is 0 Å². The molecule has 0 saturated carbocycles. The molecule has 1 aromatic carbocycles. The molecule has 0 fully saturated rings. The van der Waals surface area contributed by atoms with Crippen molar-refractivity contribution in [2.45, 2.75) is 20.0 Å². The Kier molecular flexibility index (Phi) is 3.09. The first-order valence-electron chi connectivity index (χ1n) is 4.12. The van der Waals surface area contributed by atoms with E-state index < -0.39 is 22.5 Å². The monoisotopic (exact) mass is 236 g/mol. The second-order valence-corrected chi connectivity index (χ2v) is 3.55. The molecule has 1 rings (SSSR count). The van der Waals surface area contributed by atoms with E-state index in [-0.39, 0.29) is 11.1 Å². The molecule has 1 aromatic rings. The first kappa shape index (κ1) is 12.0. The zero-order valence-corrected chi connectivity index (χ0v) is 8.83. The number of carbonyl (C=O) groups is 1. The SMILES string of the molecule is CC(=O)c1ccc(C)c(C(F)(F)F)c1Cl. The maximum absolute atomic E-state index is 12.6. The van der Waals surface area contributed by atoms with E-state index in [1.54, 1.807) is 0 Å². The van der Waals surface area contributed by atoms with Crippen LogP contribution in [0, 0.1) is 6.92 Å². The highest BCUT2D eigenvalue weighted by Gasteiger charge is 2.36. The number of ketones is 1. The van der Waals surface area contributed by atoms with Crippen LogP contribution in [-0.2, 0) is 6.18 Å². The van der Waals surface area contributed by atoms with Gasteiger partial charge in [0.25, 0.3) is 0 Å². The molecule has 1 nitrogen and oxygen atoms in total. The molecule has 0 amide bonds. The number of hydrogen-bond donors (Lipinski definition) is 0. The summed E-state index contributed by atoms with van der Waals surface area (Å²) in [5.41, 5.74) is -1.02. The molecule has 0 aliphatic heterocycles. The summed E-state index contributed by atoms with van der Waals surface area (Å²) in [4.78, 5) is 11.0. The predicted octanol–water partition coefficient (Wildman–Crippen LogP) is 3.87. The molecule has 0 spiro atoms. The highest BCUT2D eigenvalue weighted by Crippen LogP contribution is 2.38. The van der Waals surface area contributed by atoms with Crippen LogP contribution in [0.15, 0.2) is 12.1 Å². The topological polar surface area (TPSA) is 17.1 Å². The Morgan fingerprint density at radius 3 is 2.27 bits per heavy atom. The van der Waals surface area contributed by atoms with Crippen molar-refractivity contribution in [3.8, 4) is 0 Å². The number of halogens is 4. The van der Waals surface area contributed by atoms with E-state index >= 15 is 0 Å². The molecule has 0 aliphatic carbocycles. The molecule has 0 heterocycles. The van der Waals surface area contributed by atoms with Gasteiger partial charge in [0.15, 0.2) is 5.78 Å². The third kappa shape index (κ3) is 2.31. The molecule has 0 aromatic heterocycles. The van der Waals surface area contributed by atoms with Crippen molar-refractivity contribution in [1.82, 2.24) is 0 Å². The van der Waals surface area contributed by atoms with E-state index in [9.17, 15) is 18.0 Å². The summed E-state index contributed by atoms with van der Waals surface area (Å²) < 4.78 is 37.7. The van der Waals surface area contributed by atoms with Crippen molar-refractivity contribution in [2.75, 3.05) is 0 Å². The van der Waals surface area contributed by atoms with Gasteiger partial charge in [0.1, 0.15) is 0 Å². The van der Waals surface area contributed by atoms with Crippen molar-refractivity contribution >= 4 is 17.4 Å². The van der Waals surface area contributed by atoms with Crippen LogP contribution in [0.3, 0.4) is 0 Å². The van der Waals surface area contributed by atoms with Crippen molar-refractivity contribution in [3.63, 3.8) is 0 Å². The molecule has 0 radical (unpaired) electrons. The van der Waals surface area contributed by atoms with E-state index in [2.05, 4.69) is 0 Å². The number of aryl methyl sites for hydroxylation is 1. The minimum absolute atomic E-state index is 0.0116.